The molecule has 0 radical (unpaired) electrons. The lowest BCUT2D eigenvalue weighted by Gasteiger charge is -2.36. The third-order valence-electron chi connectivity index (χ3n) is 8.66. The average Bonchev–Trinajstić information content (AvgIpc) is 3.61. The summed E-state index contributed by atoms with van der Waals surface area (Å²) in [4.78, 5) is 27.8. The third-order valence-corrected chi connectivity index (χ3v) is 8.66. The largest absolute Gasteiger partial charge is 0.492 e. The van der Waals surface area contributed by atoms with Crippen LogP contribution < -0.4 is 15.0 Å². The van der Waals surface area contributed by atoms with E-state index in [1.54, 1.807) is 4.90 Å². The maximum atomic E-state index is 12.6. The highest BCUT2D eigenvalue weighted by Crippen LogP contribution is 2.31. The van der Waals surface area contributed by atoms with Gasteiger partial charge in [-0.25, -0.2) is 9.78 Å². The molecule has 2 aliphatic rings. The van der Waals surface area contributed by atoms with Crippen LogP contribution in [-0.2, 0) is 10.2 Å². The van der Waals surface area contributed by atoms with Gasteiger partial charge in [0.25, 0.3) is 0 Å². The van der Waals surface area contributed by atoms with Crippen LogP contribution in [0, 0.1) is 0 Å². The van der Waals surface area contributed by atoms with Crippen LogP contribution in [0.3, 0.4) is 0 Å². The minimum atomic E-state index is -0.312. The van der Waals surface area contributed by atoms with E-state index in [0.29, 0.717) is 19.9 Å². The highest BCUT2D eigenvalue weighted by atomic mass is 16.5. The van der Waals surface area contributed by atoms with Crippen LogP contribution in [0.2, 0.25) is 0 Å². The number of urea groups is 1. The van der Waals surface area contributed by atoms with Crippen molar-refractivity contribution < 1.29 is 14.3 Å². The molecule has 6 rings (SSSR count). The number of nitrogens with one attached hydrogen (secondary N) is 2. The van der Waals surface area contributed by atoms with E-state index in [-0.39, 0.29) is 17.0 Å². The lowest BCUT2D eigenvalue weighted by atomic mass is 9.87. The van der Waals surface area contributed by atoms with Crippen molar-refractivity contribution in [3.63, 3.8) is 0 Å². The number of carbonyl (C=O) groups excluding carboxylic acids is 1. The summed E-state index contributed by atoms with van der Waals surface area (Å²) in [5.74, 6) is 1.70. The first kappa shape index (κ1) is 30.0. The Morgan fingerprint density at radius 1 is 1.00 bits per heavy atom. The molecule has 2 aliphatic heterocycles. The maximum absolute atomic E-state index is 12.6. The summed E-state index contributed by atoms with van der Waals surface area (Å²) in [5.41, 5.74) is 6.24. The summed E-state index contributed by atoms with van der Waals surface area (Å²) < 4.78 is 11.5. The molecule has 0 bridgehead atoms. The summed E-state index contributed by atoms with van der Waals surface area (Å²) in [6, 6.07) is 22.5. The Labute approximate surface area is 260 Å². The molecule has 4 aromatic rings. The summed E-state index contributed by atoms with van der Waals surface area (Å²) in [7, 11) is 0. The number of ether oxygens (including phenoxy) is 2. The third kappa shape index (κ3) is 6.54. The molecule has 0 spiro atoms. The van der Waals surface area contributed by atoms with Gasteiger partial charge in [-0.2, -0.15) is 0 Å². The first-order chi connectivity index (χ1) is 21.1. The number of aromatic nitrogens is 2. The summed E-state index contributed by atoms with van der Waals surface area (Å²) in [5, 5.41) is 2.95. The number of amides is 2. The van der Waals surface area contributed by atoms with E-state index in [1.165, 1.54) is 11.3 Å². The van der Waals surface area contributed by atoms with Gasteiger partial charge in [0, 0.05) is 44.0 Å². The normalized spacial score (nSPS) is 17.3. The van der Waals surface area contributed by atoms with Crippen LogP contribution in [0.4, 0.5) is 16.2 Å². The molecule has 2 N–H and O–H groups in total. The molecule has 9 nitrogen and oxygen atoms in total. The number of carbonyl (C=O) groups is 1. The first-order valence-corrected chi connectivity index (χ1v) is 15.5. The molecule has 3 heterocycles. The molecule has 44 heavy (non-hydrogen) atoms. The predicted octanol–water partition coefficient (Wildman–Crippen LogP) is 6.33. The number of piperazine rings is 1. The number of nitrogens with zero attached hydrogens (tertiary/aromatic N) is 4. The van der Waals surface area contributed by atoms with Gasteiger partial charge >= 0.3 is 6.03 Å². The number of H-pyrrole nitrogens is 1. The number of anilines is 2. The van der Waals surface area contributed by atoms with Gasteiger partial charge in [0.15, 0.2) is 0 Å². The van der Waals surface area contributed by atoms with Crippen LogP contribution in [0.1, 0.15) is 40.2 Å². The van der Waals surface area contributed by atoms with Crippen LogP contribution in [0.5, 0.6) is 5.75 Å². The zero-order valence-electron chi connectivity index (χ0n) is 26.5. The van der Waals surface area contributed by atoms with Crippen molar-refractivity contribution in [2.75, 3.05) is 62.9 Å². The summed E-state index contributed by atoms with van der Waals surface area (Å²) in [6.45, 7) is 16.8. The number of imidazole rings is 1. The second-order valence-electron chi connectivity index (χ2n) is 13.4. The number of hydrogen-bond acceptors (Lipinski definition) is 6. The molecule has 2 amide bonds. The van der Waals surface area contributed by atoms with E-state index >= 15 is 0 Å². The van der Waals surface area contributed by atoms with Crippen molar-refractivity contribution in [3.05, 3.63) is 72.3 Å². The van der Waals surface area contributed by atoms with Gasteiger partial charge in [-0.3, -0.25) is 9.80 Å². The van der Waals surface area contributed by atoms with Gasteiger partial charge in [0.1, 0.15) is 30.4 Å². The van der Waals surface area contributed by atoms with Crippen molar-refractivity contribution in [1.29, 1.82) is 0 Å². The molecule has 1 aromatic heterocycles. The second-order valence-corrected chi connectivity index (χ2v) is 13.4. The minimum Gasteiger partial charge on any atom is -0.492 e. The molecule has 0 atom stereocenters. The molecule has 2 saturated heterocycles. The highest BCUT2D eigenvalue weighted by Gasteiger charge is 2.36. The predicted molar refractivity (Wildman–Crippen MR) is 177 cm³/mol. The molecule has 9 heteroatoms. The molecule has 0 unspecified atom stereocenters. The first-order valence-electron chi connectivity index (χ1n) is 15.5. The fraction of sp³-hybridized carbons (Fsp3) is 0.429. The number of aromatic amines is 1. The van der Waals surface area contributed by atoms with Gasteiger partial charge in [-0.15, -0.1) is 0 Å². The fourth-order valence-electron chi connectivity index (χ4n) is 5.84. The molecule has 0 aliphatic carbocycles. The number of para-hydroxylation sites is 1. The van der Waals surface area contributed by atoms with Gasteiger partial charge in [-0.05, 0) is 61.2 Å². The molecular weight excluding hydrogens is 552 g/mol. The number of hydrogen-bond donors (Lipinski definition) is 2. The molecular formula is C35H44N6O3. The zero-order valence-corrected chi connectivity index (χ0v) is 26.5. The molecule has 3 aromatic carbocycles. The van der Waals surface area contributed by atoms with E-state index in [0.717, 1.165) is 66.6 Å². The van der Waals surface area contributed by atoms with Crippen molar-refractivity contribution >= 4 is 28.4 Å². The average molecular weight is 597 g/mol. The maximum Gasteiger partial charge on any atom is 0.324 e. The minimum absolute atomic E-state index is 0.126. The van der Waals surface area contributed by atoms with Crippen LogP contribution >= 0.6 is 0 Å². The van der Waals surface area contributed by atoms with Gasteiger partial charge in [0.2, 0.25) is 0 Å². The Hall–Kier alpha value is -4.08. The number of benzene rings is 3. The van der Waals surface area contributed by atoms with Gasteiger partial charge in [-0.1, -0.05) is 51.1 Å². The second kappa shape index (κ2) is 12.1. The smallest absolute Gasteiger partial charge is 0.324 e. The van der Waals surface area contributed by atoms with Crippen molar-refractivity contribution in [2.24, 2.45) is 0 Å². The fourth-order valence-corrected chi connectivity index (χ4v) is 5.84. The Morgan fingerprint density at radius 2 is 1.73 bits per heavy atom. The van der Waals surface area contributed by atoms with Crippen LogP contribution in [0.15, 0.2) is 66.7 Å². The molecule has 0 saturated carbocycles. The highest BCUT2D eigenvalue weighted by molar-refractivity contribution is 5.91. The van der Waals surface area contributed by atoms with E-state index < -0.39 is 0 Å². The lowest BCUT2D eigenvalue weighted by Crippen LogP contribution is -2.47. The number of fused-ring (bicyclic) bond motifs is 1. The monoisotopic (exact) mass is 596 g/mol. The SMILES string of the molecule is CC(C)(C)c1ccc(-c2nc3c(N4CCN(CCOc5ccc(NC(=O)N6COCC6(C)C)cc5)CC4)cccc3[nH]2)cc1. The molecule has 2 fully saturated rings. The van der Waals surface area contributed by atoms with E-state index in [1.807, 2.05) is 38.1 Å². The van der Waals surface area contributed by atoms with E-state index in [2.05, 4.69) is 83.3 Å². The quantitative estimate of drug-likeness (QED) is 0.259. The Kier molecular flexibility index (Phi) is 8.26. The molecule has 232 valence electrons. The topological polar surface area (TPSA) is 86.0 Å². The van der Waals surface area contributed by atoms with Crippen LogP contribution in [0.25, 0.3) is 22.4 Å². The Bertz CT molecular complexity index is 1580. The lowest BCUT2D eigenvalue weighted by molar-refractivity contribution is 0.147. The zero-order chi connectivity index (χ0) is 30.9. The summed E-state index contributed by atoms with van der Waals surface area (Å²) >= 11 is 0. The summed E-state index contributed by atoms with van der Waals surface area (Å²) in [6.07, 6.45) is 0. The Balaban J connectivity index is 0.991. The van der Waals surface area contributed by atoms with E-state index in [9.17, 15) is 4.79 Å². The van der Waals surface area contributed by atoms with Gasteiger partial charge in [0.05, 0.1) is 23.3 Å². The standard InChI is InChI=1S/C35H44N6O3/c1-34(2,3)26-11-9-25(10-12-26)32-37-29-7-6-8-30(31(29)38-32)40-19-17-39(18-20-40)21-22-44-28-15-13-27(14-16-28)36-33(42)41-24-43-23-35(41,4)5/h6-16H,17-24H2,1-5H3,(H,36,42)(H,37,38). The van der Waals surface area contributed by atoms with Crippen LogP contribution in [-0.4, -0.2) is 84.0 Å². The van der Waals surface area contributed by atoms with Crippen molar-refractivity contribution in [1.82, 2.24) is 19.8 Å². The number of rotatable bonds is 7. The van der Waals surface area contributed by atoms with E-state index in [4.69, 9.17) is 14.5 Å². The van der Waals surface area contributed by atoms with Gasteiger partial charge < -0.3 is 24.7 Å². The van der Waals surface area contributed by atoms with Crippen molar-refractivity contribution in [3.8, 4) is 17.1 Å². The Morgan fingerprint density at radius 3 is 2.39 bits per heavy atom. The van der Waals surface area contributed by atoms with Crippen molar-refractivity contribution in [2.45, 2.75) is 45.6 Å².